The normalized spacial score (nSPS) is 12.3. The van der Waals surface area contributed by atoms with Crippen LogP contribution < -0.4 is 5.32 Å². The molecule has 0 saturated heterocycles. The van der Waals surface area contributed by atoms with Crippen molar-refractivity contribution < 1.29 is 0 Å². The molecule has 0 unspecified atom stereocenters. The van der Waals surface area contributed by atoms with Crippen LogP contribution >= 0.6 is 0 Å². The van der Waals surface area contributed by atoms with E-state index in [0.717, 1.165) is 13.0 Å². The molecule has 0 saturated carbocycles. The Hall–Kier alpha value is -1.60. The first-order valence-electron chi connectivity index (χ1n) is 7.10. The number of benzene rings is 2. The molecule has 1 heteroatoms. The van der Waals surface area contributed by atoms with Crippen LogP contribution in [0.1, 0.15) is 32.8 Å². The summed E-state index contributed by atoms with van der Waals surface area (Å²) in [7, 11) is 0. The Morgan fingerprint density at radius 2 is 1.84 bits per heavy atom. The molecule has 0 atom stereocenters. The fraction of sp³-hybridized carbons (Fsp3) is 0.333. The molecule has 0 heterocycles. The third-order valence-corrected chi connectivity index (χ3v) is 3.34. The predicted molar refractivity (Wildman–Crippen MR) is 85.4 cm³/mol. The van der Waals surface area contributed by atoms with Gasteiger partial charge < -0.3 is 5.32 Å². The maximum Gasteiger partial charge on any atom is 0.0170 e. The molecule has 0 spiro atoms. The van der Waals surface area contributed by atoms with Crippen molar-refractivity contribution in [3.05, 3.63) is 53.6 Å². The summed E-state index contributed by atoms with van der Waals surface area (Å²) < 4.78 is 0. The molecule has 0 aliphatic rings. The first-order chi connectivity index (χ1) is 9.19. The first-order valence-corrected chi connectivity index (χ1v) is 7.10. The number of rotatable bonds is 5. The molecule has 2 aromatic carbocycles. The van der Waals surface area contributed by atoms with E-state index in [9.17, 15) is 0 Å². The summed E-state index contributed by atoms with van der Waals surface area (Å²) in [6, 6.07) is 15.7. The zero-order valence-corrected chi connectivity index (χ0v) is 12.1. The second kappa shape index (κ2) is 6.53. The first kappa shape index (κ1) is 13.8. The molecule has 100 valence electrons. The average molecular weight is 253 g/mol. The Kier molecular flexibility index (Phi) is 4.75. The van der Waals surface area contributed by atoms with Gasteiger partial charge in [0.15, 0.2) is 0 Å². The minimum Gasteiger partial charge on any atom is -0.311 e. The van der Waals surface area contributed by atoms with Gasteiger partial charge in [-0.3, -0.25) is 0 Å². The van der Waals surface area contributed by atoms with Crippen molar-refractivity contribution in [1.29, 1.82) is 0 Å². The molecule has 0 fully saturated rings. The lowest BCUT2D eigenvalue weighted by Crippen LogP contribution is -2.24. The van der Waals surface area contributed by atoms with Crippen LogP contribution in [0.5, 0.6) is 0 Å². The van der Waals surface area contributed by atoms with E-state index in [1.807, 2.05) is 0 Å². The van der Waals surface area contributed by atoms with Crippen LogP contribution in [0.2, 0.25) is 0 Å². The number of hydrogen-bond donors (Lipinski definition) is 1. The topological polar surface area (TPSA) is 12.0 Å². The van der Waals surface area contributed by atoms with Crippen LogP contribution in [-0.4, -0.2) is 12.6 Å². The summed E-state index contributed by atoms with van der Waals surface area (Å²) in [5.41, 5.74) is 2.74. The lowest BCUT2D eigenvalue weighted by Gasteiger charge is -2.10. The monoisotopic (exact) mass is 253 g/mol. The minimum atomic E-state index is 0.534. The van der Waals surface area contributed by atoms with Gasteiger partial charge in [-0.2, -0.15) is 0 Å². The Balaban J connectivity index is 2.22. The van der Waals surface area contributed by atoms with Crippen molar-refractivity contribution in [2.75, 3.05) is 6.54 Å². The highest BCUT2D eigenvalue weighted by Gasteiger charge is 1.99. The smallest absolute Gasteiger partial charge is 0.0170 e. The quantitative estimate of drug-likeness (QED) is 0.819. The van der Waals surface area contributed by atoms with Gasteiger partial charge >= 0.3 is 0 Å². The van der Waals surface area contributed by atoms with Crippen molar-refractivity contribution in [2.24, 2.45) is 0 Å². The number of hydrogen-bond acceptors (Lipinski definition) is 1. The van der Waals surface area contributed by atoms with Gasteiger partial charge in [-0.1, -0.05) is 68.8 Å². The summed E-state index contributed by atoms with van der Waals surface area (Å²) in [5, 5.41) is 6.10. The van der Waals surface area contributed by atoms with Crippen LogP contribution in [0.25, 0.3) is 16.8 Å². The van der Waals surface area contributed by atoms with E-state index in [1.54, 1.807) is 0 Å². The summed E-state index contributed by atoms with van der Waals surface area (Å²) in [5.74, 6) is 0. The molecule has 1 nitrogen and oxygen atoms in total. The molecule has 0 aromatic heterocycles. The summed E-state index contributed by atoms with van der Waals surface area (Å²) in [4.78, 5) is 0. The maximum absolute atomic E-state index is 3.49. The zero-order valence-electron chi connectivity index (χ0n) is 12.1. The van der Waals surface area contributed by atoms with Crippen molar-refractivity contribution in [2.45, 2.75) is 33.2 Å². The third kappa shape index (κ3) is 3.93. The fourth-order valence-corrected chi connectivity index (χ4v) is 2.15. The molecule has 2 aromatic rings. The number of fused-ring (bicyclic) bond motifs is 1. The van der Waals surface area contributed by atoms with Crippen molar-refractivity contribution in [3.8, 4) is 0 Å². The third-order valence-electron chi connectivity index (χ3n) is 3.34. The van der Waals surface area contributed by atoms with Crippen LogP contribution in [-0.2, 0) is 0 Å². The van der Waals surface area contributed by atoms with E-state index >= 15 is 0 Å². The van der Waals surface area contributed by atoms with Gasteiger partial charge in [0, 0.05) is 12.6 Å². The van der Waals surface area contributed by atoms with Crippen LogP contribution in [0.3, 0.4) is 0 Å². The molecule has 2 rings (SSSR count). The maximum atomic E-state index is 3.49. The Morgan fingerprint density at radius 1 is 1.11 bits per heavy atom. The summed E-state index contributed by atoms with van der Waals surface area (Å²) >= 11 is 0. The van der Waals surface area contributed by atoms with E-state index in [4.69, 9.17) is 0 Å². The molecule has 19 heavy (non-hydrogen) atoms. The van der Waals surface area contributed by atoms with Gasteiger partial charge in [0.25, 0.3) is 0 Å². The van der Waals surface area contributed by atoms with Gasteiger partial charge in [-0.15, -0.1) is 0 Å². The predicted octanol–water partition coefficient (Wildman–Crippen LogP) is 4.63. The zero-order chi connectivity index (χ0) is 13.7. The van der Waals surface area contributed by atoms with E-state index in [-0.39, 0.29) is 0 Å². The summed E-state index contributed by atoms with van der Waals surface area (Å²) in [6.07, 6.45) is 3.40. The Labute approximate surface area is 116 Å². The van der Waals surface area contributed by atoms with Gasteiger partial charge in [-0.05, 0) is 28.8 Å². The highest BCUT2D eigenvalue weighted by atomic mass is 14.9. The van der Waals surface area contributed by atoms with E-state index in [0.29, 0.717) is 6.04 Å². The molecular weight excluding hydrogens is 230 g/mol. The van der Waals surface area contributed by atoms with Crippen molar-refractivity contribution >= 4 is 16.8 Å². The molecule has 0 aliphatic heterocycles. The lowest BCUT2D eigenvalue weighted by molar-refractivity contribution is 0.617. The number of nitrogens with one attached hydrogen (secondary N) is 1. The molecule has 0 radical (unpaired) electrons. The average Bonchev–Trinajstić information content (AvgIpc) is 2.43. The van der Waals surface area contributed by atoms with Gasteiger partial charge in [0.2, 0.25) is 0 Å². The highest BCUT2D eigenvalue weighted by Crippen LogP contribution is 2.18. The van der Waals surface area contributed by atoms with Crippen molar-refractivity contribution in [3.63, 3.8) is 0 Å². The van der Waals surface area contributed by atoms with Crippen LogP contribution in [0.4, 0.5) is 0 Å². The van der Waals surface area contributed by atoms with Gasteiger partial charge in [0.05, 0.1) is 0 Å². The standard InChI is InChI=1S/C18H23N/c1-4-15(13-19-14(2)3)11-16-9-10-17-7-5-6-8-18(17)12-16/h5-12,14,19H,4,13H2,1-3H3. The Morgan fingerprint density at radius 3 is 2.53 bits per heavy atom. The molecular formula is C18H23N. The SMILES string of the molecule is CCC(=Cc1ccc2ccccc2c1)CNC(C)C. The molecule has 1 N–H and O–H groups in total. The van der Waals surface area contributed by atoms with E-state index in [2.05, 4.69) is 74.6 Å². The molecule has 0 aliphatic carbocycles. The van der Waals surface area contributed by atoms with Crippen LogP contribution in [0, 0.1) is 0 Å². The molecule has 0 bridgehead atoms. The Bertz CT molecular complexity index is 567. The van der Waals surface area contributed by atoms with E-state index in [1.165, 1.54) is 21.9 Å². The highest BCUT2D eigenvalue weighted by molar-refractivity contribution is 5.84. The fourth-order valence-electron chi connectivity index (χ4n) is 2.15. The van der Waals surface area contributed by atoms with E-state index < -0.39 is 0 Å². The largest absolute Gasteiger partial charge is 0.311 e. The summed E-state index contributed by atoms with van der Waals surface area (Å²) in [6.45, 7) is 7.56. The van der Waals surface area contributed by atoms with Gasteiger partial charge in [-0.25, -0.2) is 0 Å². The van der Waals surface area contributed by atoms with Gasteiger partial charge in [0.1, 0.15) is 0 Å². The van der Waals surface area contributed by atoms with Crippen LogP contribution in [0.15, 0.2) is 48.0 Å². The second-order valence-electron chi connectivity index (χ2n) is 5.30. The minimum absolute atomic E-state index is 0.534. The molecule has 0 amide bonds. The van der Waals surface area contributed by atoms with Crippen molar-refractivity contribution in [1.82, 2.24) is 5.32 Å². The second-order valence-corrected chi connectivity index (χ2v) is 5.30. The lowest BCUT2D eigenvalue weighted by atomic mass is 10.0.